The van der Waals surface area contributed by atoms with Gasteiger partial charge in [0.2, 0.25) is 5.91 Å². The van der Waals surface area contributed by atoms with Crippen LogP contribution in [0.25, 0.3) is 0 Å². The maximum absolute atomic E-state index is 14.6. The number of alkyl carbamates (subject to hydrolysis) is 1. The molecule has 16 unspecified atom stereocenters. The molecule has 29 nitrogen and oxygen atoms in total. The second kappa shape index (κ2) is 40.6. The van der Waals surface area contributed by atoms with Crippen molar-refractivity contribution < 1.29 is 127 Å². The Morgan fingerprint density at radius 2 is 0.910 bits per heavy atom. The van der Waals surface area contributed by atoms with Gasteiger partial charge in [-0.25, -0.2) is 4.79 Å². The Kier molecular flexibility index (Phi) is 35.3. The van der Waals surface area contributed by atoms with Gasteiger partial charge in [0.25, 0.3) is 0 Å². The summed E-state index contributed by atoms with van der Waals surface area (Å²) in [6.45, 7) is 40.9. The van der Waals surface area contributed by atoms with Gasteiger partial charge in [0.1, 0.15) is 47.3 Å². The third-order valence-electron chi connectivity index (χ3n) is 26.4. The lowest BCUT2D eigenvalue weighted by Gasteiger charge is -2.49. The zero-order chi connectivity index (χ0) is 83.7. The van der Waals surface area contributed by atoms with E-state index in [1.807, 2.05) is 55.4 Å². The van der Waals surface area contributed by atoms with Crippen molar-refractivity contribution in [2.24, 2.45) is 65.1 Å². The van der Waals surface area contributed by atoms with E-state index < -0.39 is 210 Å². The van der Waals surface area contributed by atoms with Gasteiger partial charge < -0.3 is 123 Å². The number of nitrogens with one attached hydrogen (secondary N) is 3. The molecule has 111 heavy (non-hydrogen) atoms. The van der Waals surface area contributed by atoms with Crippen molar-refractivity contribution in [1.82, 2.24) is 16.0 Å². The zero-order valence-electron chi connectivity index (χ0n) is 71.5. The molecule has 648 valence electrons. The number of unbranched alkanes of at least 4 members (excludes halogenated alkanes) is 2. The average Bonchev–Trinajstić information content (AvgIpc) is 0.777. The summed E-state index contributed by atoms with van der Waals surface area (Å²) in [6, 6.07) is -0.659. The molecule has 6 aliphatic rings. The lowest BCUT2D eigenvalue weighted by atomic mass is 9.70. The van der Waals surface area contributed by atoms with Crippen molar-refractivity contribution in [1.29, 1.82) is 0 Å². The Balaban J connectivity index is 1.10. The molecule has 0 radical (unpaired) electrons. The van der Waals surface area contributed by atoms with Crippen LogP contribution in [0.4, 0.5) is 4.79 Å². The number of ether oxygens (including phenoxy) is 13. The number of hydrogen-bond donors (Lipinski definition) is 12. The maximum Gasteiger partial charge on any atom is 0.407 e. The van der Waals surface area contributed by atoms with E-state index in [2.05, 4.69) is 16.0 Å². The highest BCUT2D eigenvalue weighted by molar-refractivity contribution is 5.76. The number of carbonyl (C=O) groups excluding carboxylic acids is 4. The predicted octanol–water partition coefficient (Wildman–Crippen LogP) is 6.86. The van der Waals surface area contributed by atoms with Gasteiger partial charge in [0.15, 0.2) is 31.3 Å². The second-order valence-corrected chi connectivity index (χ2v) is 36.1. The third-order valence-corrected chi connectivity index (χ3v) is 26.4. The Hall–Kier alpha value is -3.12. The molecule has 6 aliphatic heterocycles. The summed E-state index contributed by atoms with van der Waals surface area (Å²) in [5.74, 6) is -8.44. The fourth-order valence-electron chi connectivity index (χ4n) is 18.9. The number of carbonyl (C=O) groups is 4. The first-order chi connectivity index (χ1) is 51.5. The molecule has 6 fully saturated rings. The van der Waals surface area contributed by atoms with Gasteiger partial charge in [0, 0.05) is 76.9 Å². The summed E-state index contributed by atoms with van der Waals surface area (Å²) < 4.78 is 82.9. The molecular formula is C82H149N3O26. The van der Waals surface area contributed by atoms with Crippen LogP contribution in [-0.4, -0.2) is 266 Å². The van der Waals surface area contributed by atoms with Crippen LogP contribution in [0.5, 0.6) is 0 Å². The summed E-state index contributed by atoms with van der Waals surface area (Å²) in [5, 5.41) is 118. The molecule has 6 rings (SSSR count). The molecule has 0 aromatic carbocycles. The van der Waals surface area contributed by atoms with Crippen LogP contribution in [0.15, 0.2) is 0 Å². The molecule has 38 atom stereocenters. The Bertz CT molecular complexity index is 2900. The van der Waals surface area contributed by atoms with Crippen molar-refractivity contribution in [2.75, 3.05) is 33.9 Å². The third kappa shape index (κ3) is 23.7. The predicted molar refractivity (Wildman–Crippen MR) is 411 cm³/mol. The van der Waals surface area contributed by atoms with E-state index in [1.54, 1.807) is 90.0 Å². The lowest BCUT2D eigenvalue weighted by molar-refractivity contribution is -0.318. The molecule has 29 heteroatoms. The fraction of sp³-hybridized carbons (Fsp3) is 0.951. The first-order valence-corrected chi connectivity index (χ1v) is 41.5. The van der Waals surface area contributed by atoms with E-state index in [0.29, 0.717) is 32.1 Å². The van der Waals surface area contributed by atoms with Gasteiger partial charge >= 0.3 is 18.0 Å². The van der Waals surface area contributed by atoms with Gasteiger partial charge in [-0.1, -0.05) is 82.6 Å². The molecule has 12 N–H and O–H groups in total. The van der Waals surface area contributed by atoms with E-state index in [4.69, 9.17) is 61.6 Å². The van der Waals surface area contributed by atoms with Crippen LogP contribution in [0.1, 0.15) is 236 Å². The van der Waals surface area contributed by atoms with Crippen LogP contribution in [-0.2, 0) is 76.0 Å². The molecule has 2 amide bonds. The minimum Gasteiger partial charge on any atom is -0.459 e. The largest absolute Gasteiger partial charge is 0.459 e. The first kappa shape index (κ1) is 96.7. The molecule has 0 aromatic rings. The van der Waals surface area contributed by atoms with Gasteiger partial charge in [-0.15, -0.1) is 0 Å². The highest BCUT2D eigenvalue weighted by atomic mass is 16.7. The van der Waals surface area contributed by atoms with Crippen LogP contribution >= 0.6 is 0 Å². The van der Waals surface area contributed by atoms with E-state index in [9.17, 15) is 65.1 Å². The number of rotatable bonds is 23. The highest BCUT2D eigenvalue weighted by Gasteiger charge is 2.57. The number of aliphatic hydroxyl groups excluding tert-OH is 5. The van der Waals surface area contributed by atoms with Gasteiger partial charge in [0.05, 0.1) is 89.7 Å². The van der Waals surface area contributed by atoms with Crippen LogP contribution < -0.4 is 16.0 Å². The summed E-state index contributed by atoms with van der Waals surface area (Å²) in [6.07, 6.45) is -18.0. The first-order valence-electron chi connectivity index (χ1n) is 41.5. The smallest absolute Gasteiger partial charge is 0.407 e. The Morgan fingerprint density at radius 3 is 1.37 bits per heavy atom. The molecule has 0 saturated carbocycles. The van der Waals surface area contributed by atoms with E-state index in [1.165, 1.54) is 28.1 Å². The molecule has 6 heterocycles. The van der Waals surface area contributed by atoms with Crippen molar-refractivity contribution in [3.63, 3.8) is 0 Å². The number of methoxy groups -OCH3 is 2. The number of hydrogen-bond acceptors (Lipinski definition) is 27. The standard InChI is InChI=1S/C82H149N3O26/c1-26-56-81(22,97)66(89)48(10)47(9)43(5)37-77(18,95)69(109-74-62(87)41(3)35-45(7)101-74)50(12)65(53(15)72(92)105-56)108-60-40-80(21,100-25)71(55(17)104-60)111-76(94)85-32-30-28-29-31-58(86)83-33-34-84-61-44(6)38-78(19,96)70(110-75-63(88)42(4)36-46(8)102-75)51(13)64(107-59-39-79(20,99-24)68(91)54(16)103-59)52(14)73(93)106-57(27-2)82(23,98)67(90)49(61)11/h41-57,59-71,74-75,84,87-91,95-98H,26-40H2,1-25H3,(H,83,86)(H,85,94)/t41?,42?,43-,44-,45?,46?,47+,48+,49+,50+,51+,52-,53-,54?,55?,56-,57-,59?,60?,61+,62?,63?,64+,65+,66-,67-,68?,69-,70-,71?,74?,75?,77-,78-,79?,80?,81-,82-/m1/s1. The van der Waals surface area contributed by atoms with Crippen LogP contribution in [0.3, 0.4) is 0 Å². The van der Waals surface area contributed by atoms with Crippen molar-refractivity contribution in [2.45, 2.75) is 399 Å². The molecule has 0 spiro atoms. The number of esters is 2. The molecular weight excluding hydrogens is 1440 g/mol. The lowest BCUT2D eigenvalue weighted by Crippen LogP contribution is -2.61. The summed E-state index contributed by atoms with van der Waals surface area (Å²) in [4.78, 5) is 56.4. The molecule has 0 bridgehead atoms. The van der Waals surface area contributed by atoms with E-state index >= 15 is 0 Å². The van der Waals surface area contributed by atoms with E-state index in [-0.39, 0.29) is 106 Å². The molecule has 0 aromatic heterocycles. The summed E-state index contributed by atoms with van der Waals surface area (Å²) >= 11 is 0. The summed E-state index contributed by atoms with van der Waals surface area (Å²) in [5.41, 5.74) is -9.65. The van der Waals surface area contributed by atoms with Crippen molar-refractivity contribution in [3.8, 4) is 0 Å². The molecule has 6 saturated heterocycles. The van der Waals surface area contributed by atoms with Gasteiger partial charge in [-0.05, 0) is 170 Å². The Morgan fingerprint density at radius 1 is 0.468 bits per heavy atom. The molecule has 0 aliphatic carbocycles. The average molecular weight is 1590 g/mol. The quantitative estimate of drug-likeness (QED) is 0.0282. The minimum absolute atomic E-state index is 0.00704. The number of cyclic esters (lactones) is 2. The van der Waals surface area contributed by atoms with Gasteiger partial charge in [-0.2, -0.15) is 0 Å². The van der Waals surface area contributed by atoms with E-state index in [0.717, 1.165) is 0 Å². The van der Waals surface area contributed by atoms with Crippen LogP contribution in [0, 0.1) is 65.1 Å². The highest BCUT2D eigenvalue weighted by Crippen LogP contribution is 2.46. The minimum atomic E-state index is -2.00. The monoisotopic (exact) mass is 1590 g/mol. The maximum atomic E-state index is 14.6. The normalized spacial score (nSPS) is 47.9. The Labute approximate surface area is 661 Å². The topological polar surface area (TPSA) is 406 Å². The zero-order valence-corrected chi connectivity index (χ0v) is 71.5. The van der Waals surface area contributed by atoms with Crippen molar-refractivity contribution in [3.05, 3.63) is 0 Å². The van der Waals surface area contributed by atoms with Crippen LogP contribution in [0.2, 0.25) is 0 Å². The number of aliphatic hydroxyl groups is 9. The second-order valence-electron chi connectivity index (χ2n) is 36.1. The van der Waals surface area contributed by atoms with Crippen molar-refractivity contribution >= 4 is 23.9 Å². The fourth-order valence-corrected chi connectivity index (χ4v) is 18.9. The number of amides is 2. The van der Waals surface area contributed by atoms with Gasteiger partial charge in [-0.3, -0.25) is 14.4 Å². The SMILES string of the molecule is CC[C@H]1OC(=O)[C@H](C)[C@@H](OC2CC(C)(OC)C(OC(=O)NCCCCCC(=O)NCCN[C@@H]3[C@H](C)[C@@H](O)[C@](C)(O)[C@@H](CC)OC(=O)[C@H](C)[C@@H](OC4CC(C)(OC)C(O)C(C)O4)[C@H](C)[C@@H](OC4OC(C)CC(C)C4O)[C@](C)(O)C[C@H]3C)C(C)O2)[C@H](C)[C@@H](OC2OC(C)CC(C)C2O)[C@](C)(O)C[C@@H](C)[C@H](C)[C@H](C)[C@@H](O)[C@]1(C)O. The summed E-state index contributed by atoms with van der Waals surface area (Å²) in [7, 11) is 2.96.